The molecule has 1 aliphatic carbocycles. The Balaban J connectivity index is 1.50. The van der Waals surface area contributed by atoms with E-state index in [-0.39, 0.29) is 18.3 Å². The number of aryl methyl sites for hydroxylation is 1. The number of halogens is 1. The largest absolute Gasteiger partial charge is 0.349 e. The van der Waals surface area contributed by atoms with E-state index < -0.39 is 0 Å². The minimum atomic E-state index is -0.242. The standard InChI is InChI=1S/C19H25FN4O/c1-24(12-14-7-5-6-9-16(14)20)13-19(25)21-11-18-15-8-3-2-4-10-17(15)22-23-18/h5-7,9H,2-4,8,10-13H2,1H3,(H,21,25)(H,22,23). The first-order valence-corrected chi connectivity index (χ1v) is 8.87. The lowest BCUT2D eigenvalue weighted by molar-refractivity contribution is -0.122. The summed E-state index contributed by atoms with van der Waals surface area (Å²) in [4.78, 5) is 14.0. The summed E-state index contributed by atoms with van der Waals surface area (Å²) in [5.41, 5.74) is 4.04. The number of nitrogens with zero attached hydrogens (tertiary/aromatic N) is 2. The normalized spacial score (nSPS) is 14.2. The molecule has 1 aromatic carbocycles. The number of amides is 1. The number of benzene rings is 1. The first-order chi connectivity index (χ1) is 12.1. The Bertz CT molecular complexity index is 728. The number of rotatable bonds is 6. The molecule has 25 heavy (non-hydrogen) atoms. The zero-order chi connectivity index (χ0) is 17.6. The average molecular weight is 344 g/mol. The third-order valence-corrected chi connectivity index (χ3v) is 4.66. The second-order valence-electron chi connectivity index (χ2n) is 6.73. The summed E-state index contributed by atoms with van der Waals surface area (Å²) < 4.78 is 13.7. The smallest absolute Gasteiger partial charge is 0.234 e. The van der Waals surface area contributed by atoms with Gasteiger partial charge in [-0.1, -0.05) is 24.6 Å². The van der Waals surface area contributed by atoms with Crippen LogP contribution < -0.4 is 5.32 Å². The maximum atomic E-state index is 13.7. The van der Waals surface area contributed by atoms with E-state index >= 15 is 0 Å². The molecule has 6 heteroatoms. The molecular formula is C19H25FN4O. The van der Waals surface area contributed by atoms with E-state index in [0.29, 0.717) is 18.7 Å². The number of fused-ring (bicyclic) bond motifs is 1. The van der Waals surface area contributed by atoms with Gasteiger partial charge in [0.1, 0.15) is 5.82 Å². The highest BCUT2D eigenvalue weighted by molar-refractivity contribution is 5.77. The number of nitrogens with one attached hydrogen (secondary N) is 2. The minimum Gasteiger partial charge on any atom is -0.349 e. The molecule has 0 saturated heterocycles. The van der Waals surface area contributed by atoms with Gasteiger partial charge in [0.15, 0.2) is 0 Å². The van der Waals surface area contributed by atoms with Gasteiger partial charge in [0.25, 0.3) is 0 Å². The van der Waals surface area contributed by atoms with E-state index in [0.717, 1.165) is 18.5 Å². The Kier molecular flexibility index (Phi) is 5.81. The molecule has 2 N–H and O–H groups in total. The highest BCUT2D eigenvalue weighted by atomic mass is 19.1. The Morgan fingerprint density at radius 3 is 2.92 bits per heavy atom. The molecule has 1 aliphatic rings. The van der Waals surface area contributed by atoms with Crippen LogP contribution in [0.4, 0.5) is 4.39 Å². The molecule has 1 amide bonds. The van der Waals surface area contributed by atoms with Crippen molar-refractivity contribution in [3.8, 4) is 0 Å². The van der Waals surface area contributed by atoms with Crippen LogP contribution in [0.15, 0.2) is 24.3 Å². The predicted molar refractivity (Wildman–Crippen MR) is 94.4 cm³/mol. The molecule has 0 saturated carbocycles. The number of carbonyl (C=O) groups is 1. The quantitative estimate of drug-likeness (QED) is 0.792. The first-order valence-electron chi connectivity index (χ1n) is 8.87. The Labute approximate surface area is 147 Å². The van der Waals surface area contributed by atoms with Crippen molar-refractivity contribution in [1.82, 2.24) is 20.4 Å². The van der Waals surface area contributed by atoms with Crippen LogP contribution in [0.1, 0.15) is 41.8 Å². The molecule has 1 aromatic heterocycles. The van der Waals surface area contributed by atoms with Crippen molar-refractivity contribution in [3.63, 3.8) is 0 Å². The van der Waals surface area contributed by atoms with E-state index in [2.05, 4.69) is 15.5 Å². The van der Waals surface area contributed by atoms with Gasteiger partial charge in [0, 0.05) is 17.8 Å². The van der Waals surface area contributed by atoms with Crippen molar-refractivity contribution >= 4 is 5.91 Å². The number of hydrogen-bond acceptors (Lipinski definition) is 3. The van der Waals surface area contributed by atoms with Crippen molar-refractivity contribution in [2.24, 2.45) is 0 Å². The molecule has 0 aliphatic heterocycles. The van der Waals surface area contributed by atoms with Gasteiger partial charge in [-0.25, -0.2) is 4.39 Å². The van der Waals surface area contributed by atoms with Gasteiger partial charge in [0.05, 0.1) is 18.8 Å². The third kappa shape index (κ3) is 4.66. The molecule has 0 fully saturated rings. The Morgan fingerprint density at radius 2 is 2.08 bits per heavy atom. The molecule has 5 nitrogen and oxygen atoms in total. The second-order valence-corrected chi connectivity index (χ2v) is 6.73. The van der Waals surface area contributed by atoms with Gasteiger partial charge in [-0.05, 0) is 44.4 Å². The van der Waals surface area contributed by atoms with Gasteiger partial charge in [-0.3, -0.25) is 14.8 Å². The number of aromatic amines is 1. The summed E-state index contributed by atoms with van der Waals surface area (Å²) in [7, 11) is 1.81. The van der Waals surface area contributed by atoms with Crippen molar-refractivity contribution in [3.05, 3.63) is 52.6 Å². The van der Waals surface area contributed by atoms with E-state index in [9.17, 15) is 9.18 Å². The summed E-state index contributed by atoms with van der Waals surface area (Å²) >= 11 is 0. The number of aromatic nitrogens is 2. The molecule has 2 aromatic rings. The van der Waals surface area contributed by atoms with E-state index in [4.69, 9.17) is 0 Å². The van der Waals surface area contributed by atoms with Crippen LogP contribution in [0.3, 0.4) is 0 Å². The fraction of sp³-hybridized carbons (Fsp3) is 0.474. The molecule has 0 spiro atoms. The topological polar surface area (TPSA) is 61.0 Å². The predicted octanol–water partition coefficient (Wildman–Crippen LogP) is 2.57. The highest BCUT2D eigenvalue weighted by Gasteiger charge is 2.16. The number of H-pyrrole nitrogens is 1. The lowest BCUT2D eigenvalue weighted by Crippen LogP contribution is -2.34. The van der Waals surface area contributed by atoms with Gasteiger partial charge < -0.3 is 5.32 Å². The molecule has 3 rings (SSSR count). The third-order valence-electron chi connectivity index (χ3n) is 4.66. The fourth-order valence-corrected chi connectivity index (χ4v) is 3.33. The SMILES string of the molecule is CN(CC(=O)NCc1n[nH]c2c1CCCCC2)Cc1ccccc1F. The maximum Gasteiger partial charge on any atom is 0.234 e. The number of likely N-dealkylation sites (N-methyl/N-ethyl adjacent to an activating group) is 1. The van der Waals surface area contributed by atoms with Crippen molar-refractivity contribution in [2.75, 3.05) is 13.6 Å². The van der Waals surface area contributed by atoms with Gasteiger partial charge >= 0.3 is 0 Å². The van der Waals surface area contributed by atoms with E-state index in [1.807, 2.05) is 7.05 Å². The monoisotopic (exact) mass is 344 g/mol. The summed E-state index contributed by atoms with van der Waals surface area (Å²) in [6.45, 7) is 1.07. The molecule has 0 bridgehead atoms. The zero-order valence-electron chi connectivity index (χ0n) is 14.6. The van der Waals surface area contributed by atoms with Crippen molar-refractivity contribution in [1.29, 1.82) is 0 Å². The molecule has 0 unspecified atom stereocenters. The molecule has 0 radical (unpaired) electrons. The molecule has 0 atom stereocenters. The van der Waals surface area contributed by atoms with Crippen LogP contribution in [0, 0.1) is 5.82 Å². The van der Waals surface area contributed by atoms with Crippen LogP contribution in [-0.4, -0.2) is 34.6 Å². The van der Waals surface area contributed by atoms with Crippen LogP contribution in [0.25, 0.3) is 0 Å². The van der Waals surface area contributed by atoms with Crippen LogP contribution in [0.5, 0.6) is 0 Å². The summed E-state index contributed by atoms with van der Waals surface area (Å²) in [5.74, 6) is -0.321. The van der Waals surface area contributed by atoms with Crippen LogP contribution >= 0.6 is 0 Å². The van der Waals surface area contributed by atoms with Gasteiger partial charge in [-0.2, -0.15) is 5.10 Å². The average Bonchev–Trinajstić information content (AvgIpc) is 2.81. The maximum absolute atomic E-state index is 13.7. The van der Waals surface area contributed by atoms with Crippen LogP contribution in [0.2, 0.25) is 0 Å². The minimum absolute atomic E-state index is 0.0794. The number of carbonyl (C=O) groups excluding carboxylic acids is 1. The lowest BCUT2D eigenvalue weighted by Gasteiger charge is -2.16. The fourth-order valence-electron chi connectivity index (χ4n) is 3.33. The number of hydrogen-bond donors (Lipinski definition) is 2. The Hall–Kier alpha value is -2.21. The summed E-state index contributed by atoms with van der Waals surface area (Å²) in [6, 6.07) is 6.64. The zero-order valence-corrected chi connectivity index (χ0v) is 14.6. The molecule has 134 valence electrons. The Morgan fingerprint density at radius 1 is 1.28 bits per heavy atom. The summed E-state index contributed by atoms with van der Waals surface area (Å²) in [5, 5.41) is 10.4. The lowest BCUT2D eigenvalue weighted by atomic mass is 10.1. The summed E-state index contributed by atoms with van der Waals surface area (Å²) in [6.07, 6.45) is 5.70. The highest BCUT2D eigenvalue weighted by Crippen LogP contribution is 2.21. The van der Waals surface area contributed by atoms with Gasteiger partial charge in [0.2, 0.25) is 5.91 Å². The van der Waals surface area contributed by atoms with Crippen LogP contribution in [-0.2, 0) is 30.7 Å². The van der Waals surface area contributed by atoms with E-state index in [1.54, 1.807) is 23.1 Å². The van der Waals surface area contributed by atoms with Gasteiger partial charge in [-0.15, -0.1) is 0 Å². The first kappa shape index (κ1) is 17.6. The van der Waals surface area contributed by atoms with Crippen molar-refractivity contribution < 1.29 is 9.18 Å². The second kappa shape index (κ2) is 8.25. The molecule has 1 heterocycles. The molecular weight excluding hydrogens is 319 g/mol. The van der Waals surface area contributed by atoms with E-state index in [1.165, 1.54) is 36.6 Å². The van der Waals surface area contributed by atoms with Crippen molar-refractivity contribution in [2.45, 2.75) is 45.2 Å².